The van der Waals surface area contributed by atoms with Gasteiger partial charge in [-0.15, -0.1) is 5.10 Å². The molecule has 10 heteroatoms. The van der Waals surface area contributed by atoms with E-state index in [-0.39, 0.29) is 19.1 Å². The molecule has 160 valence electrons. The molecule has 0 aliphatic carbocycles. The molecule has 2 unspecified atom stereocenters. The molecule has 29 heavy (non-hydrogen) atoms. The van der Waals surface area contributed by atoms with Crippen molar-refractivity contribution in [2.75, 3.05) is 25.2 Å². The summed E-state index contributed by atoms with van der Waals surface area (Å²) in [6.07, 6.45) is 3.59. The van der Waals surface area contributed by atoms with Crippen molar-refractivity contribution in [2.24, 2.45) is 0 Å². The number of nitrogens with zero attached hydrogens (tertiary/aromatic N) is 4. The summed E-state index contributed by atoms with van der Waals surface area (Å²) in [6, 6.07) is 3.35. The zero-order chi connectivity index (χ0) is 20.8. The molecule has 2 atom stereocenters. The van der Waals surface area contributed by atoms with Gasteiger partial charge in [-0.1, -0.05) is 0 Å². The second kappa shape index (κ2) is 10.4. The largest absolute Gasteiger partial charge is 0.362 e. The molecule has 2 aromatic rings. The number of hydrogen-bond donors (Lipinski definition) is 0. The van der Waals surface area contributed by atoms with Crippen molar-refractivity contribution in [3.63, 3.8) is 0 Å². The van der Waals surface area contributed by atoms with E-state index < -0.39 is 11.6 Å². The molecule has 1 fully saturated rings. The van der Waals surface area contributed by atoms with E-state index in [0.717, 1.165) is 25.3 Å². The second-order valence-electron chi connectivity index (χ2n) is 6.91. The molecule has 0 bridgehead atoms. The van der Waals surface area contributed by atoms with Gasteiger partial charge in [0.05, 0.1) is 12.7 Å². The zero-order valence-corrected chi connectivity index (χ0v) is 18.1. The highest BCUT2D eigenvalue weighted by molar-refractivity contribution is 9.10. The Kier molecular flexibility index (Phi) is 7.93. The fourth-order valence-electron chi connectivity index (χ4n) is 3.28. The Morgan fingerprint density at radius 2 is 2.03 bits per heavy atom. The number of aromatic nitrogens is 3. The molecule has 0 radical (unpaired) electrons. The van der Waals surface area contributed by atoms with Gasteiger partial charge in [0.1, 0.15) is 18.4 Å². The minimum atomic E-state index is -0.664. The maximum atomic E-state index is 13.8. The van der Waals surface area contributed by atoms with Crippen molar-refractivity contribution in [3.8, 4) is 0 Å². The van der Waals surface area contributed by atoms with Crippen molar-refractivity contribution in [2.45, 2.75) is 51.7 Å². The quantitative estimate of drug-likeness (QED) is 0.502. The maximum absolute atomic E-state index is 13.8. The molecule has 1 aromatic heterocycles. The Hall–Kier alpha value is -1.62. The maximum Gasteiger partial charge on any atom is 0.231 e. The van der Waals surface area contributed by atoms with Crippen LogP contribution >= 0.6 is 15.9 Å². The van der Waals surface area contributed by atoms with Crippen LogP contribution in [0.15, 0.2) is 22.9 Å². The third kappa shape index (κ3) is 6.18. The van der Waals surface area contributed by atoms with Gasteiger partial charge in [0.2, 0.25) is 10.7 Å². The number of methoxy groups -OCH3 is 1. The molecular weight excluding hydrogens is 450 g/mol. The lowest BCUT2D eigenvalue weighted by Gasteiger charge is -2.28. The van der Waals surface area contributed by atoms with Crippen LogP contribution in [0.5, 0.6) is 0 Å². The van der Waals surface area contributed by atoms with Crippen LogP contribution in [0, 0.1) is 11.6 Å². The molecule has 7 nitrogen and oxygen atoms in total. The van der Waals surface area contributed by atoms with E-state index in [4.69, 9.17) is 14.2 Å². The lowest BCUT2D eigenvalue weighted by molar-refractivity contribution is -0.189. The molecule has 1 aromatic carbocycles. The highest BCUT2D eigenvalue weighted by Gasteiger charge is 2.21. The summed E-state index contributed by atoms with van der Waals surface area (Å²) in [5, 5.41) is 4.22. The molecule has 2 heterocycles. The number of benzene rings is 1. The first-order valence-electron chi connectivity index (χ1n) is 9.56. The van der Waals surface area contributed by atoms with Gasteiger partial charge in [-0.2, -0.15) is 4.98 Å². The summed E-state index contributed by atoms with van der Waals surface area (Å²) in [6.45, 7) is 3.05. The highest BCUT2D eigenvalue weighted by Crippen LogP contribution is 2.27. The normalized spacial score (nSPS) is 19.5. The Labute approximate surface area is 177 Å². The Morgan fingerprint density at radius 3 is 2.72 bits per heavy atom. The summed E-state index contributed by atoms with van der Waals surface area (Å²) in [5.41, 5.74) is 0.335. The van der Waals surface area contributed by atoms with Gasteiger partial charge in [-0.3, -0.25) is 0 Å². The summed E-state index contributed by atoms with van der Waals surface area (Å²) in [7, 11) is 1.53. The molecular formula is C19H25BrF2N4O3. The second-order valence-corrected chi connectivity index (χ2v) is 7.62. The van der Waals surface area contributed by atoms with Gasteiger partial charge >= 0.3 is 0 Å². The van der Waals surface area contributed by atoms with Crippen LogP contribution in [0.4, 0.5) is 20.4 Å². The topological polar surface area (TPSA) is 61.6 Å². The molecule has 0 spiro atoms. The van der Waals surface area contributed by atoms with Gasteiger partial charge in [0.15, 0.2) is 6.29 Å². The van der Waals surface area contributed by atoms with Crippen LogP contribution in [0.25, 0.3) is 0 Å². The van der Waals surface area contributed by atoms with E-state index in [1.165, 1.54) is 23.9 Å². The molecule has 1 aliphatic heterocycles. The first-order valence-corrected chi connectivity index (χ1v) is 10.4. The van der Waals surface area contributed by atoms with Gasteiger partial charge in [-0.25, -0.2) is 13.5 Å². The van der Waals surface area contributed by atoms with Crippen LogP contribution in [0.1, 0.15) is 32.6 Å². The standard InChI is InChI=1S/C19H25BrF2N4O3/c1-13-5-3-6-17(29-13)28-8-4-7-25(16-10-14(21)9-15(22)11-16)19-23-18(20)24-26(19)12-27-2/h9-11,13,17H,3-8,12H2,1-2H3. The number of hydrogen-bond acceptors (Lipinski definition) is 6. The van der Waals surface area contributed by atoms with Crippen LogP contribution in [0.2, 0.25) is 0 Å². The van der Waals surface area contributed by atoms with Crippen molar-refractivity contribution >= 4 is 27.6 Å². The number of anilines is 2. The lowest BCUT2D eigenvalue weighted by Crippen LogP contribution is -2.29. The van der Waals surface area contributed by atoms with Gasteiger partial charge in [0.25, 0.3) is 0 Å². The van der Waals surface area contributed by atoms with Crippen molar-refractivity contribution in [3.05, 3.63) is 34.6 Å². The predicted octanol–water partition coefficient (Wildman–Crippen LogP) is 4.38. The minimum Gasteiger partial charge on any atom is -0.362 e. The fraction of sp³-hybridized carbons (Fsp3) is 0.579. The summed E-state index contributed by atoms with van der Waals surface area (Å²) in [4.78, 5) is 6.04. The third-order valence-electron chi connectivity index (χ3n) is 4.54. The molecule has 0 amide bonds. The van der Waals surface area contributed by atoms with Crippen LogP contribution in [-0.4, -0.2) is 47.4 Å². The Morgan fingerprint density at radius 1 is 1.28 bits per heavy atom. The molecule has 1 saturated heterocycles. The smallest absolute Gasteiger partial charge is 0.231 e. The van der Waals surface area contributed by atoms with Crippen LogP contribution < -0.4 is 4.90 Å². The van der Waals surface area contributed by atoms with Gasteiger partial charge in [-0.05, 0) is 60.7 Å². The van der Waals surface area contributed by atoms with Gasteiger partial charge in [0, 0.05) is 25.4 Å². The van der Waals surface area contributed by atoms with Crippen molar-refractivity contribution < 1.29 is 23.0 Å². The van der Waals surface area contributed by atoms with E-state index in [2.05, 4.69) is 26.0 Å². The van der Waals surface area contributed by atoms with E-state index in [9.17, 15) is 8.78 Å². The van der Waals surface area contributed by atoms with E-state index >= 15 is 0 Å². The Bertz CT molecular complexity index is 788. The lowest BCUT2D eigenvalue weighted by atomic mass is 10.1. The summed E-state index contributed by atoms with van der Waals surface area (Å²) >= 11 is 3.25. The SMILES string of the molecule is COCn1nc(Br)nc1N(CCCOC1CCCC(C)O1)c1cc(F)cc(F)c1. The molecule has 0 saturated carbocycles. The first-order chi connectivity index (χ1) is 14.0. The third-order valence-corrected chi connectivity index (χ3v) is 4.88. The van der Waals surface area contributed by atoms with E-state index in [1.807, 2.05) is 6.92 Å². The summed E-state index contributed by atoms with van der Waals surface area (Å²) in [5.74, 6) is -0.920. The van der Waals surface area contributed by atoms with Crippen LogP contribution in [0.3, 0.4) is 0 Å². The van der Waals surface area contributed by atoms with Crippen molar-refractivity contribution in [1.82, 2.24) is 14.8 Å². The van der Waals surface area contributed by atoms with E-state index in [1.54, 1.807) is 4.90 Å². The Balaban J connectivity index is 1.73. The number of rotatable bonds is 9. The molecule has 0 N–H and O–H groups in total. The average Bonchev–Trinajstić information content (AvgIpc) is 3.01. The zero-order valence-electron chi connectivity index (χ0n) is 16.5. The van der Waals surface area contributed by atoms with Crippen molar-refractivity contribution in [1.29, 1.82) is 0 Å². The average molecular weight is 475 g/mol. The van der Waals surface area contributed by atoms with Crippen LogP contribution in [-0.2, 0) is 20.9 Å². The van der Waals surface area contributed by atoms with E-state index in [0.29, 0.717) is 35.9 Å². The monoisotopic (exact) mass is 474 g/mol. The minimum absolute atomic E-state index is 0.145. The first kappa shape index (κ1) is 22.1. The number of ether oxygens (including phenoxy) is 3. The number of halogens is 3. The highest BCUT2D eigenvalue weighted by atomic mass is 79.9. The fourth-order valence-corrected chi connectivity index (χ4v) is 3.63. The molecule has 3 rings (SSSR count). The predicted molar refractivity (Wildman–Crippen MR) is 107 cm³/mol. The summed E-state index contributed by atoms with van der Waals surface area (Å²) < 4.78 is 46.3. The van der Waals surface area contributed by atoms with Gasteiger partial charge < -0.3 is 19.1 Å². The molecule has 1 aliphatic rings.